The molecule has 1 aromatic carbocycles. The van der Waals surface area contributed by atoms with Crippen molar-refractivity contribution in [2.24, 2.45) is 0 Å². The second-order valence-corrected chi connectivity index (χ2v) is 7.46. The van der Waals surface area contributed by atoms with E-state index in [1.807, 2.05) is 0 Å². The molecule has 4 nitrogen and oxygen atoms in total. The molecule has 1 aliphatic rings. The number of hydrogen-bond acceptors (Lipinski definition) is 3. The molecular weight excluding hydrogens is 298 g/mol. The predicted octanol–water partition coefficient (Wildman–Crippen LogP) is 2.62. The fourth-order valence-electron chi connectivity index (χ4n) is 2.60. The van der Waals surface area contributed by atoms with E-state index in [4.69, 9.17) is 11.6 Å². The van der Waals surface area contributed by atoms with Crippen LogP contribution >= 0.6 is 11.6 Å². The third kappa shape index (κ3) is 3.73. The molecule has 0 amide bonds. The largest absolute Gasteiger partial charge is 0.391 e. The molecular formula is C14H20ClNO3S. The summed E-state index contributed by atoms with van der Waals surface area (Å²) in [5, 5.41) is 10.5. The first kappa shape index (κ1) is 15.8. The molecule has 0 radical (unpaired) electrons. The minimum atomic E-state index is -3.63. The van der Waals surface area contributed by atoms with Gasteiger partial charge in [0.2, 0.25) is 10.0 Å². The summed E-state index contributed by atoms with van der Waals surface area (Å²) in [5.41, 5.74) is 0.605. The minimum Gasteiger partial charge on any atom is -0.391 e. The quantitative estimate of drug-likeness (QED) is 0.842. The maximum absolute atomic E-state index is 12.4. The fraction of sp³-hybridized carbons (Fsp3) is 0.571. The molecule has 112 valence electrons. The Labute approximate surface area is 125 Å². The Morgan fingerprint density at radius 1 is 1.25 bits per heavy atom. The van der Waals surface area contributed by atoms with Crippen LogP contribution in [0, 0.1) is 6.92 Å². The van der Waals surface area contributed by atoms with Gasteiger partial charge in [0, 0.05) is 11.1 Å². The zero-order chi connectivity index (χ0) is 14.8. The molecule has 0 bridgehead atoms. The monoisotopic (exact) mass is 317 g/mol. The highest BCUT2D eigenvalue weighted by Gasteiger charge is 2.27. The van der Waals surface area contributed by atoms with Gasteiger partial charge in [-0.1, -0.05) is 30.9 Å². The number of benzene rings is 1. The van der Waals surface area contributed by atoms with E-state index in [0.29, 0.717) is 23.4 Å². The zero-order valence-corrected chi connectivity index (χ0v) is 13.0. The summed E-state index contributed by atoms with van der Waals surface area (Å²) in [4.78, 5) is 0.221. The smallest absolute Gasteiger partial charge is 0.241 e. The number of hydrogen-bond donors (Lipinski definition) is 2. The topological polar surface area (TPSA) is 66.4 Å². The molecule has 20 heavy (non-hydrogen) atoms. The average Bonchev–Trinajstić information content (AvgIpc) is 2.54. The van der Waals surface area contributed by atoms with E-state index in [2.05, 4.69) is 4.72 Å². The van der Waals surface area contributed by atoms with Gasteiger partial charge in [-0.2, -0.15) is 0 Å². The van der Waals surface area contributed by atoms with Crippen LogP contribution in [0.3, 0.4) is 0 Å². The Balaban J connectivity index is 2.21. The first-order valence-electron chi connectivity index (χ1n) is 6.87. The lowest BCUT2D eigenvalue weighted by atomic mass is 10.1. The maximum Gasteiger partial charge on any atom is 0.241 e. The summed E-state index contributed by atoms with van der Waals surface area (Å²) in [5.74, 6) is 0. The van der Waals surface area contributed by atoms with Crippen LogP contribution in [0.1, 0.15) is 37.7 Å². The van der Waals surface area contributed by atoms with Crippen LogP contribution in [0.4, 0.5) is 0 Å². The number of aryl methyl sites for hydroxylation is 1. The van der Waals surface area contributed by atoms with E-state index in [1.165, 1.54) is 6.07 Å². The Bertz CT molecular complexity index is 574. The molecule has 0 heterocycles. The summed E-state index contributed by atoms with van der Waals surface area (Å²) in [6.07, 6.45) is 3.62. The molecule has 2 unspecified atom stereocenters. The van der Waals surface area contributed by atoms with Crippen molar-refractivity contribution in [3.05, 3.63) is 28.8 Å². The molecule has 0 aromatic heterocycles. The van der Waals surface area contributed by atoms with Crippen molar-refractivity contribution < 1.29 is 13.5 Å². The number of aliphatic hydroxyl groups is 1. The lowest BCUT2D eigenvalue weighted by Crippen LogP contribution is -2.42. The number of halogens is 1. The lowest BCUT2D eigenvalue weighted by Gasteiger charge is -2.22. The predicted molar refractivity (Wildman–Crippen MR) is 79.4 cm³/mol. The number of rotatable bonds is 3. The summed E-state index contributed by atoms with van der Waals surface area (Å²) in [6, 6.07) is 4.28. The number of nitrogens with one attached hydrogen (secondary N) is 1. The van der Waals surface area contributed by atoms with Gasteiger partial charge in [0.1, 0.15) is 0 Å². The average molecular weight is 318 g/mol. The third-order valence-electron chi connectivity index (χ3n) is 3.71. The highest BCUT2D eigenvalue weighted by atomic mass is 35.5. The maximum atomic E-state index is 12.4. The van der Waals surface area contributed by atoms with Gasteiger partial charge < -0.3 is 5.11 Å². The van der Waals surface area contributed by atoms with E-state index >= 15 is 0 Å². The summed E-state index contributed by atoms with van der Waals surface area (Å²) < 4.78 is 27.5. The summed E-state index contributed by atoms with van der Waals surface area (Å²) in [7, 11) is -3.63. The van der Waals surface area contributed by atoms with Gasteiger partial charge in [0.15, 0.2) is 0 Å². The molecule has 0 aliphatic heterocycles. The van der Waals surface area contributed by atoms with Crippen LogP contribution in [0.15, 0.2) is 23.1 Å². The Morgan fingerprint density at radius 2 is 1.95 bits per heavy atom. The van der Waals surface area contributed by atoms with Gasteiger partial charge in [-0.05, 0) is 43.5 Å². The third-order valence-corrected chi connectivity index (χ3v) is 5.60. The van der Waals surface area contributed by atoms with Gasteiger partial charge in [-0.25, -0.2) is 13.1 Å². The summed E-state index contributed by atoms with van der Waals surface area (Å²) >= 11 is 5.85. The van der Waals surface area contributed by atoms with E-state index in [-0.39, 0.29) is 4.90 Å². The van der Waals surface area contributed by atoms with E-state index in [1.54, 1.807) is 19.1 Å². The highest BCUT2D eigenvalue weighted by molar-refractivity contribution is 7.89. The molecule has 0 saturated heterocycles. The van der Waals surface area contributed by atoms with Gasteiger partial charge in [0.05, 0.1) is 11.0 Å². The molecule has 2 atom stereocenters. The SMILES string of the molecule is Cc1cc(Cl)ccc1S(=O)(=O)NC1CCCCCC1O. The van der Waals surface area contributed by atoms with Gasteiger partial charge in [-0.3, -0.25) is 0 Å². The molecule has 1 fully saturated rings. The van der Waals surface area contributed by atoms with Crippen molar-refractivity contribution >= 4 is 21.6 Å². The zero-order valence-electron chi connectivity index (χ0n) is 11.5. The van der Waals surface area contributed by atoms with E-state index in [9.17, 15) is 13.5 Å². The number of aliphatic hydroxyl groups excluding tert-OH is 1. The molecule has 1 aliphatic carbocycles. The second kappa shape index (κ2) is 6.43. The van der Waals surface area contributed by atoms with Crippen molar-refractivity contribution in [3.63, 3.8) is 0 Å². The molecule has 6 heteroatoms. The van der Waals surface area contributed by atoms with Crippen molar-refractivity contribution in [2.75, 3.05) is 0 Å². The molecule has 0 spiro atoms. The van der Waals surface area contributed by atoms with Crippen molar-refractivity contribution in [1.82, 2.24) is 4.72 Å². The first-order valence-corrected chi connectivity index (χ1v) is 8.73. The van der Waals surface area contributed by atoms with E-state index in [0.717, 1.165) is 19.3 Å². The van der Waals surface area contributed by atoms with Gasteiger partial charge in [-0.15, -0.1) is 0 Å². The molecule has 1 saturated carbocycles. The minimum absolute atomic E-state index is 0.221. The Kier molecular flexibility index (Phi) is 5.07. The Morgan fingerprint density at radius 3 is 2.65 bits per heavy atom. The normalized spacial score (nSPS) is 24.4. The van der Waals surface area contributed by atoms with Crippen molar-refractivity contribution in [1.29, 1.82) is 0 Å². The van der Waals surface area contributed by atoms with E-state index < -0.39 is 22.2 Å². The first-order chi connectivity index (χ1) is 9.40. The van der Waals surface area contributed by atoms with Crippen LogP contribution in [-0.4, -0.2) is 25.7 Å². The Hall–Kier alpha value is -0.620. The van der Waals surface area contributed by atoms with Crippen LogP contribution in [0.25, 0.3) is 0 Å². The van der Waals surface area contributed by atoms with Gasteiger partial charge in [0.25, 0.3) is 0 Å². The standard InChI is InChI=1S/C14H20ClNO3S/c1-10-9-11(15)7-8-14(10)20(18,19)16-12-5-3-2-4-6-13(12)17/h7-9,12-13,16-17H,2-6H2,1H3. The van der Waals surface area contributed by atoms with Crippen molar-refractivity contribution in [3.8, 4) is 0 Å². The fourth-order valence-corrected chi connectivity index (χ4v) is 4.36. The lowest BCUT2D eigenvalue weighted by molar-refractivity contribution is 0.130. The second-order valence-electron chi connectivity index (χ2n) is 5.34. The molecule has 2 N–H and O–H groups in total. The highest BCUT2D eigenvalue weighted by Crippen LogP contribution is 2.23. The van der Waals surface area contributed by atoms with Crippen LogP contribution in [-0.2, 0) is 10.0 Å². The van der Waals surface area contributed by atoms with Gasteiger partial charge >= 0.3 is 0 Å². The van der Waals surface area contributed by atoms with Crippen molar-refractivity contribution in [2.45, 2.75) is 56.1 Å². The van der Waals surface area contributed by atoms with Crippen LogP contribution in [0.2, 0.25) is 5.02 Å². The number of sulfonamides is 1. The van der Waals surface area contributed by atoms with Crippen LogP contribution in [0.5, 0.6) is 0 Å². The van der Waals surface area contributed by atoms with Crippen LogP contribution < -0.4 is 4.72 Å². The molecule has 1 aromatic rings. The summed E-state index contributed by atoms with van der Waals surface area (Å²) in [6.45, 7) is 1.71. The molecule has 2 rings (SSSR count).